The third kappa shape index (κ3) is 6.63. The van der Waals surface area contributed by atoms with Gasteiger partial charge in [-0.3, -0.25) is 14.5 Å². The van der Waals surface area contributed by atoms with Crippen LogP contribution in [0.2, 0.25) is 0 Å². The van der Waals surface area contributed by atoms with Crippen molar-refractivity contribution in [2.24, 2.45) is 5.92 Å². The fraction of sp³-hybridized carbons (Fsp3) is 0.269. The van der Waals surface area contributed by atoms with Crippen LogP contribution in [0, 0.1) is 5.92 Å². The zero-order valence-electron chi connectivity index (χ0n) is 17.6. The van der Waals surface area contributed by atoms with E-state index in [9.17, 15) is 4.79 Å². The molecule has 0 aliphatic rings. The second-order valence-corrected chi connectivity index (χ2v) is 7.61. The van der Waals surface area contributed by atoms with Gasteiger partial charge in [-0.1, -0.05) is 110 Å². The molecule has 3 aromatic rings. The van der Waals surface area contributed by atoms with Crippen LogP contribution in [0.4, 0.5) is 0 Å². The van der Waals surface area contributed by atoms with Crippen LogP contribution in [0.5, 0.6) is 0 Å². The number of hydroxylamine groups is 2. The molecule has 0 fully saturated rings. The maximum Gasteiger partial charge on any atom is 0.164 e. The van der Waals surface area contributed by atoms with E-state index in [-0.39, 0.29) is 17.7 Å². The number of hydrogen-bond acceptors (Lipinski definition) is 4. The van der Waals surface area contributed by atoms with Crippen molar-refractivity contribution in [3.05, 3.63) is 108 Å². The number of carbonyl (C=O) groups excluding carboxylic acids is 1. The average Bonchev–Trinajstić information content (AvgIpc) is 2.79. The molecule has 0 amide bonds. The summed E-state index contributed by atoms with van der Waals surface area (Å²) < 4.78 is 0. The van der Waals surface area contributed by atoms with Crippen molar-refractivity contribution in [1.29, 1.82) is 0 Å². The van der Waals surface area contributed by atoms with Gasteiger partial charge in [0.05, 0.1) is 19.3 Å². The molecule has 0 aliphatic heterocycles. The zero-order chi connectivity index (χ0) is 21.2. The molecule has 4 heteroatoms. The summed E-state index contributed by atoms with van der Waals surface area (Å²) in [4.78, 5) is 25.0. The summed E-state index contributed by atoms with van der Waals surface area (Å²) in [5.41, 5.74) is 2.79. The highest BCUT2D eigenvalue weighted by Crippen LogP contribution is 2.21. The van der Waals surface area contributed by atoms with Gasteiger partial charge in [0.2, 0.25) is 0 Å². The van der Waals surface area contributed by atoms with Crippen molar-refractivity contribution in [1.82, 2.24) is 5.23 Å². The van der Waals surface area contributed by atoms with E-state index in [1.807, 2.05) is 91.0 Å². The first-order chi connectivity index (χ1) is 14.6. The fourth-order valence-electron chi connectivity index (χ4n) is 3.14. The number of hydrogen-bond donors (Lipinski definition) is 0. The first kappa shape index (κ1) is 21.9. The minimum absolute atomic E-state index is 0.0749. The smallest absolute Gasteiger partial charge is 0.164 e. The highest BCUT2D eigenvalue weighted by atomic mass is 16.9. The molecule has 30 heavy (non-hydrogen) atoms. The van der Waals surface area contributed by atoms with Crippen LogP contribution < -0.4 is 0 Å². The molecule has 4 nitrogen and oxygen atoms in total. The van der Waals surface area contributed by atoms with Crippen molar-refractivity contribution in [3.8, 4) is 0 Å². The molecule has 0 radical (unpaired) electrons. The van der Waals surface area contributed by atoms with E-state index < -0.39 is 0 Å². The normalized spacial score (nSPS) is 12.3. The largest absolute Gasteiger partial charge is 0.294 e. The minimum Gasteiger partial charge on any atom is -0.294 e. The Hall–Kier alpha value is -2.79. The van der Waals surface area contributed by atoms with Crippen molar-refractivity contribution >= 4 is 5.78 Å². The lowest BCUT2D eigenvalue weighted by Gasteiger charge is -2.32. The van der Waals surface area contributed by atoms with E-state index in [1.165, 1.54) is 5.23 Å². The third-order valence-corrected chi connectivity index (χ3v) is 4.93. The molecular weight excluding hydrogens is 374 g/mol. The summed E-state index contributed by atoms with van der Waals surface area (Å²) in [6.45, 7) is 4.90. The maximum absolute atomic E-state index is 12.9. The Morgan fingerprint density at radius 2 is 1.17 bits per heavy atom. The van der Waals surface area contributed by atoms with Crippen LogP contribution in [0.3, 0.4) is 0 Å². The van der Waals surface area contributed by atoms with Crippen LogP contribution in [-0.4, -0.2) is 17.1 Å². The molecule has 3 rings (SSSR count). The first-order valence-corrected chi connectivity index (χ1v) is 10.3. The summed E-state index contributed by atoms with van der Waals surface area (Å²) >= 11 is 0. The van der Waals surface area contributed by atoms with E-state index >= 15 is 0 Å². The number of nitrogens with zero attached hydrogens (tertiary/aromatic N) is 1. The number of benzene rings is 3. The Kier molecular flexibility index (Phi) is 8.33. The van der Waals surface area contributed by atoms with E-state index in [0.717, 1.165) is 11.1 Å². The van der Waals surface area contributed by atoms with E-state index in [0.29, 0.717) is 25.2 Å². The molecular formula is C26H29NO3. The Morgan fingerprint density at radius 3 is 1.60 bits per heavy atom. The monoisotopic (exact) mass is 403 g/mol. The topological polar surface area (TPSA) is 38.8 Å². The highest BCUT2D eigenvalue weighted by molar-refractivity contribution is 5.96. The van der Waals surface area contributed by atoms with E-state index in [4.69, 9.17) is 9.68 Å². The van der Waals surface area contributed by atoms with Crippen molar-refractivity contribution < 1.29 is 14.5 Å². The predicted octanol–water partition coefficient (Wildman–Crippen LogP) is 5.85. The second-order valence-electron chi connectivity index (χ2n) is 7.61. The Morgan fingerprint density at radius 1 is 0.733 bits per heavy atom. The van der Waals surface area contributed by atoms with Gasteiger partial charge < -0.3 is 0 Å². The molecule has 3 aromatic carbocycles. The Bertz CT molecular complexity index is 838. The summed E-state index contributed by atoms with van der Waals surface area (Å²) in [7, 11) is 0. The molecule has 0 N–H and O–H groups in total. The number of carbonyl (C=O) groups is 1. The molecule has 0 aliphatic carbocycles. The molecule has 1 atom stereocenters. The molecule has 0 unspecified atom stereocenters. The predicted molar refractivity (Wildman–Crippen MR) is 118 cm³/mol. The van der Waals surface area contributed by atoms with Crippen LogP contribution in [0.1, 0.15) is 41.8 Å². The van der Waals surface area contributed by atoms with Crippen LogP contribution >= 0.6 is 0 Å². The van der Waals surface area contributed by atoms with Crippen LogP contribution in [0.15, 0.2) is 91.0 Å². The molecule has 0 aromatic heterocycles. The lowest BCUT2D eigenvalue weighted by Crippen LogP contribution is -2.40. The van der Waals surface area contributed by atoms with Crippen molar-refractivity contribution in [3.63, 3.8) is 0 Å². The quantitative estimate of drug-likeness (QED) is 0.297. The zero-order valence-corrected chi connectivity index (χ0v) is 17.6. The SMILES string of the molecule is CC(C)[C@H](CC(=O)c1ccccc1)N(OCc1ccccc1)OCc1ccccc1. The number of Topliss-reactive ketones (excluding diaryl/α,β-unsaturated/α-hetero) is 1. The average molecular weight is 404 g/mol. The molecule has 156 valence electrons. The van der Waals surface area contributed by atoms with Gasteiger partial charge in [-0.05, 0) is 17.0 Å². The maximum atomic E-state index is 12.9. The Balaban J connectivity index is 1.74. The Labute approximate surface area is 179 Å². The van der Waals surface area contributed by atoms with Gasteiger partial charge in [-0.25, -0.2) is 0 Å². The van der Waals surface area contributed by atoms with Gasteiger partial charge in [0.25, 0.3) is 0 Å². The summed E-state index contributed by atoms with van der Waals surface area (Å²) in [5.74, 6) is 0.232. The van der Waals surface area contributed by atoms with Gasteiger partial charge in [-0.15, -0.1) is 0 Å². The van der Waals surface area contributed by atoms with Gasteiger partial charge in [0.15, 0.2) is 5.78 Å². The minimum atomic E-state index is -0.217. The first-order valence-electron chi connectivity index (χ1n) is 10.3. The van der Waals surface area contributed by atoms with Gasteiger partial charge in [-0.2, -0.15) is 0 Å². The molecule has 0 spiro atoms. The lowest BCUT2D eigenvalue weighted by atomic mass is 9.96. The van der Waals surface area contributed by atoms with E-state index in [1.54, 1.807) is 0 Å². The molecule has 0 bridgehead atoms. The standard InChI is InChI=1S/C26H29NO3/c1-21(2)25(18-26(28)24-16-10-5-11-17-24)27(29-19-22-12-6-3-7-13-22)30-20-23-14-8-4-9-15-23/h3-17,21,25H,18-20H2,1-2H3/t25-/m0/s1. The number of rotatable bonds is 11. The summed E-state index contributed by atoms with van der Waals surface area (Å²) in [6.07, 6.45) is 0.311. The summed E-state index contributed by atoms with van der Waals surface area (Å²) in [5, 5.41) is 1.53. The van der Waals surface area contributed by atoms with Gasteiger partial charge >= 0.3 is 0 Å². The van der Waals surface area contributed by atoms with E-state index in [2.05, 4.69) is 13.8 Å². The highest BCUT2D eigenvalue weighted by Gasteiger charge is 2.27. The third-order valence-electron chi connectivity index (χ3n) is 4.93. The molecule has 0 saturated heterocycles. The van der Waals surface area contributed by atoms with Gasteiger partial charge in [0.1, 0.15) is 0 Å². The van der Waals surface area contributed by atoms with Crippen molar-refractivity contribution in [2.45, 2.75) is 39.5 Å². The lowest BCUT2D eigenvalue weighted by molar-refractivity contribution is -0.403. The second kappa shape index (κ2) is 11.4. The fourth-order valence-corrected chi connectivity index (χ4v) is 3.14. The molecule has 0 heterocycles. The van der Waals surface area contributed by atoms with Crippen LogP contribution in [0.25, 0.3) is 0 Å². The van der Waals surface area contributed by atoms with Crippen molar-refractivity contribution in [2.75, 3.05) is 0 Å². The van der Waals surface area contributed by atoms with Crippen LogP contribution in [-0.2, 0) is 22.9 Å². The number of ketones is 1. The van der Waals surface area contributed by atoms with Gasteiger partial charge in [0, 0.05) is 12.0 Å². The summed E-state index contributed by atoms with van der Waals surface area (Å²) in [6, 6.07) is 29.1. The molecule has 0 saturated carbocycles.